The molecule has 3 rings (SSSR count). The smallest absolute Gasteiger partial charge is 0.222 e. The van der Waals surface area contributed by atoms with E-state index in [1.165, 1.54) is 0 Å². The number of fused-ring (bicyclic) bond motifs is 1. The number of hydrogen-bond acceptors (Lipinski definition) is 4. The highest BCUT2D eigenvalue weighted by atomic mass is 16.5. The lowest BCUT2D eigenvalue weighted by Gasteiger charge is -2.12. The van der Waals surface area contributed by atoms with Crippen molar-refractivity contribution in [1.82, 2.24) is 19.7 Å². The van der Waals surface area contributed by atoms with Gasteiger partial charge < -0.3 is 4.74 Å². The number of hydrogen-bond donors (Lipinski definition) is 0. The quantitative estimate of drug-likeness (QED) is 0.694. The lowest BCUT2D eigenvalue weighted by Crippen LogP contribution is -2.03. The Morgan fingerprint density at radius 1 is 1.25 bits per heavy atom. The van der Waals surface area contributed by atoms with Gasteiger partial charge in [0.25, 0.3) is 0 Å². The highest BCUT2D eigenvalue weighted by Crippen LogP contribution is 2.32. The van der Waals surface area contributed by atoms with Crippen molar-refractivity contribution in [2.45, 2.75) is 47.1 Å². The molecular formula is C19H24N4O. The highest BCUT2D eigenvalue weighted by Gasteiger charge is 2.17. The lowest BCUT2D eigenvalue weighted by atomic mass is 10.1. The first-order valence-corrected chi connectivity index (χ1v) is 8.47. The summed E-state index contributed by atoms with van der Waals surface area (Å²) in [6.07, 6.45) is 2.70. The molecule has 0 fully saturated rings. The number of pyridine rings is 2. The number of nitrogens with zero attached hydrogens (tertiary/aromatic N) is 4. The molecule has 3 aromatic rings. The molecule has 5 heteroatoms. The van der Waals surface area contributed by atoms with Crippen LogP contribution in [0.25, 0.3) is 22.3 Å². The van der Waals surface area contributed by atoms with Crippen molar-refractivity contribution in [2.24, 2.45) is 0 Å². The molecule has 0 aromatic carbocycles. The highest BCUT2D eigenvalue weighted by molar-refractivity contribution is 5.83. The van der Waals surface area contributed by atoms with Gasteiger partial charge >= 0.3 is 0 Å². The molecule has 0 saturated heterocycles. The fraction of sp³-hybridized carbons (Fsp3) is 0.421. The second kappa shape index (κ2) is 6.59. The second-order valence-electron chi connectivity index (χ2n) is 6.35. The summed E-state index contributed by atoms with van der Waals surface area (Å²) in [4.78, 5) is 9.30. The predicted molar refractivity (Wildman–Crippen MR) is 96.4 cm³/mol. The third-order valence-electron chi connectivity index (χ3n) is 4.00. The van der Waals surface area contributed by atoms with Gasteiger partial charge in [0.15, 0.2) is 0 Å². The average Bonchev–Trinajstić information content (AvgIpc) is 2.89. The summed E-state index contributed by atoms with van der Waals surface area (Å²) in [6.45, 7) is 11.1. The monoisotopic (exact) mass is 324 g/mol. The van der Waals surface area contributed by atoms with Gasteiger partial charge in [-0.2, -0.15) is 5.10 Å². The van der Waals surface area contributed by atoms with Crippen molar-refractivity contribution < 1.29 is 4.74 Å². The summed E-state index contributed by atoms with van der Waals surface area (Å²) in [5, 5.41) is 4.64. The minimum absolute atomic E-state index is 0.301. The van der Waals surface area contributed by atoms with Gasteiger partial charge in [-0.3, -0.25) is 4.68 Å². The largest absolute Gasteiger partial charge is 0.477 e. The van der Waals surface area contributed by atoms with Crippen LogP contribution in [0.5, 0.6) is 5.88 Å². The normalized spacial score (nSPS) is 11.4. The summed E-state index contributed by atoms with van der Waals surface area (Å²) >= 11 is 0. The van der Waals surface area contributed by atoms with E-state index in [-0.39, 0.29) is 0 Å². The first-order chi connectivity index (χ1) is 11.5. The third-order valence-corrected chi connectivity index (χ3v) is 4.00. The molecule has 0 aliphatic heterocycles. The molecule has 0 N–H and O–H groups in total. The first kappa shape index (κ1) is 16.4. The van der Waals surface area contributed by atoms with Crippen molar-refractivity contribution in [3.8, 4) is 17.1 Å². The van der Waals surface area contributed by atoms with E-state index in [0.717, 1.165) is 40.0 Å². The van der Waals surface area contributed by atoms with Gasteiger partial charge in [0.2, 0.25) is 5.88 Å². The maximum atomic E-state index is 5.81. The number of aryl methyl sites for hydroxylation is 2. The van der Waals surface area contributed by atoms with Crippen molar-refractivity contribution in [3.63, 3.8) is 0 Å². The van der Waals surface area contributed by atoms with Crippen molar-refractivity contribution in [3.05, 3.63) is 35.7 Å². The molecule has 3 heterocycles. The van der Waals surface area contributed by atoms with Gasteiger partial charge in [-0.25, -0.2) is 9.97 Å². The van der Waals surface area contributed by atoms with Gasteiger partial charge in [-0.15, -0.1) is 0 Å². The molecule has 0 unspecified atom stereocenters. The van der Waals surface area contributed by atoms with Crippen LogP contribution < -0.4 is 4.74 Å². The SMILES string of the molecule is CCCOc1ncccc1-c1nc2c(C)nn(C(C)C)c2cc1C. The fourth-order valence-electron chi connectivity index (χ4n) is 2.85. The molecule has 0 amide bonds. The van der Waals surface area contributed by atoms with E-state index < -0.39 is 0 Å². The lowest BCUT2D eigenvalue weighted by molar-refractivity contribution is 0.306. The Morgan fingerprint density at radius 3 is 2.75 bits per heavy atom. The van der Waals surface area contributed by atoms with Crippen LogP contribution >= 0.6 is 0 Å². The third kappa shape index (κ3) is 2.86. The summed E-state index contributed by atoms with van der Waals surface area (Å²) in [5.74, 6) is 0.642. The zero-order valence-electron chi connectivity index (χ0n) is 15.0. The Labute approximate surface area is 142 Å². The fourth-order valence-corrected chi connectivity index (χ4v) is 2.85. The summed E-state index contributed by atoms with van der Waals surface area (Å²) in [7, 11) is 0. The Balaban J connectivity index is 2.18. The maximum absolute atomic E-state index is 5.81. The number of rotatable bonds is 5. The second-order valence-corrected chi connectivity index (χ2v) is 6.35. The van der Waals surface area contributed by atoms with E-state index in [1.54, 1.807) is 6.20 Å². The van der Waals surface area contributed by atoms with Crippen LogP contribution in [0.3, 0.4) is 0 Å². The Morgan fingerprint density at radius 2 is 2.04 bits per heavy atom. The molecule has 0 radical (unpaired) electrons. The van der Waals surface area contributed by atoms with Gasteiger partial charge in [0, 0.05) is 12.2 Å². The zero-order chi connectivity index (χ0) is 17.3. The van der Waals surface area contributed by atoms with E-state index in [9.17, 15) is 0 Å². The Bertz CT molecular complexity index is 867. The minimum Gasteiger partial charge on any atom is -0.477 e. The standard InChI is InChI=1S/C19H24N4O/c1-6-10-24-19-15(8-7-9-20-19)17-13(4)11-16-18(21-17)14(5)22-23(16)12(2)3/h7-9,11-12H,6,10H2,1-5H3. The van der Waals surface area contributed by atoms with Crippen LogP contribution in [0, 0.1) is 13.8 Å². The van der Waals surface area contributed by atoms with Crippen LogP contribution in [0.2, 0.25) is 0 Å². The van der Waals surface area contributed by atoms with Crippen LogP contribution in [0.1, 0.15) is 44.5 Å². The van der Waals surface area contributed by atoms with Crippen molar-refractivity contribution in [1.29, 1.82) is 0 Å². The van der Waals surface area contributed by atoms with E-state index in [4.69, 9.17) is 9.72 Å². The van der Waals surface area contributed by atoms with Gasteiger partial charge in [-0.05, 0) is 57.9 Å². The predicted octanol–water partition coefficient (Wildman–Crippen LogP) is 4.48. The molecule has 0 aliphatic rings. The minimum atomic E-state index is 0.301. The number of ether oxygens (including phenoxy) is 1. The molecule has 5 nitrogen and oxygen atoms in total. The molecule has 0 bridgehead atoms. The van der Waals surface area contributed by atoms with Gasteiger partial charge in [0.05, 0.1) is 29.1 Å². The average molecular weight is 324 g/mol. The van der Waals surface area contributed by atoms with Gasteiger partial charge in [0.1, 0.15) is 5.52 Å². The molecule has 24 heavy (non-hydrogen) atoms. The zero-order valence-corrected chi connectivity index (χ0v) is 15.0. The molecule has 0 aliphatic carbocycles. The van der Waals surface area contributed by atoms with Crippen molar-refractivity contribution in [2.75, 3.05) is 6.61 Å². The van der Waals surface area contributed by atoms with Crippen LogP contribution in [-0.4, -0.2) is 26.4 Å². The maximum Gasteiger partial charge on any atom is 0.222 e. The molecule has 0 atom stereocenters. The van der Waals surface area contributed by atoms with Crippen LogP contribution in [0.15, 0.2) is 24.4 Å². The Hall–Kier alpha value is -2.43. The molecule has 0 spiro atoms. The molecular weight excluding hydrogens is 300 g/mol. The van der Waals surface area contributed by atoms with Crippen LogP contribution in [0.4, 0.5) is 0 Å². The van der Waals surface area contributed by atoms with Gasteiger partial charge in [-0.1, -0.05) is 6.92 Å². The topological polar surface area (TPSA) is 52.8 Å². The van der Waals surface area contributed by atoms with Crippen LogP contribution in [-0.2, 0) is 0 Å². The van der Waals surface area contributed by atoms with E-state index in [1.807, 2.05) is 23.7 Å². The number of aromatic nitrogens is 4. The van der Waals surface area contributed by atoms with E-state index >= 15 is 0 Å². The van der Waals surface area contributed by atoms with Crippen molar-refractivity contribution >= 4 is 11.0 Å². The van der Waals surface area contributed by atoms with E-state index in [2.05, 4.69) is 43.8 Å². The Kier molecular flexibility index (Phi) is 4.51. The first-order valence-electron chi connectivity index (χ1n) is 8.47. The summed E-state index contributed by atoms with van der Waals surface area (Å²) in [6, 6.07) is 6.40. The molecule has 3 aromatic heterocycles. The van der Waals surface area contributed by atoms with E-state index in [0.29, 0.717) is 18.5 Å². The summed E-state index contributed by atoms with van der Waals surface area (Å²) < 4.78 is 7.84. The molecule has 0 saturated carbocycles. The molecule has 126 valence electrons. The summed E-state index contributed by atoms with van der Waals surface area (Å²) in [5.41, 5.74) is 5.90.